The average Bonchev–Trinajstić information content (AvgIpc) is 2.40. The Labute approximate surface area is 101 Å². The van der Waals surface area contributed by atoms with Crippen molar-refractivity contribution in [3.63, 3.8) is 0 Å². The summed E-state index contributed by atoms with van der Waals surface area (Å²) in [7, 11) is 2.01. The molecule has 3 nitrogen and oxygen atoms in total. The van der Waals surface area contributed by atoms with E-state index in [-0.39, 0.29) is 0 Å². The molecule has 0 aliphatic carbocycles. The molecular weight excluding hydrogens is 210 g/mol. The van der Waals surface area contributed by atoms with Gasteiger partial charge in [0.1, 0.15) is 0 Å². The third-order valence-corrected chi connectivity index (χ3v) is 2.56. The van der Waals surface area contributed by atoms with Crippen molar-refractivity contribution in [2.75, 3.05) is 11.9 Å². The Balaban J connectivity index is 2.10. The number of hydrogen-bond acceptors (Lipinski definition) is 3. The third kappa shape index (κ3) is 2.82. The van der Waals surface area contributed by atoms with Crippen molar-refractivity contribution in [2.24, 2.45) is 0 Å². The highest BCUT2D eigenvalue weighted by Crippen LogP contribution is 2.15. The molecular formula is C14H13N3. The molecule has 2 rings (SSSR count). The molecule has 17 heavy (non-hydrogen) atoms. The van der Waals surface area contributed by atoms with Crippen LogP contribution in [0.2, 0.25) is 0 Å². The minimum absolute atomic E-state index is 0.681. The number of pyridine rings is 1. The molecule has 0 N–H and O–H groups in total. The molecule has 0 unspecified atom stereocenters. The van der Waals surface area contributed by atoms with E-state index in [4.69, 9.17) is 5.26 Å². The van der Waals surface area contributed by atoms with E-state index in [1.54, 1.807) is 6.20 Å². The zero-order valence-electron chi connectivity index (χ0n) is 9.67. The van der Waals surface area contributed by atoms with Gasteiger partial charge in [-0.3, -0.25) is 4.98 Å². The molecule has 0 bridgehead atoms. The summed E-state index contributed by atoms with van der Waals surface area (Å²) in [5.74, 6) is 0. The third-order valence-electron chi connectivity index (χ3n) is 2.56. The molecule has 0 radical (unpaired) electrons. The lowest BCUT2D eigenvalue weighted by Gasteiger charge is -2.18. The van der Waals surface area contributed by atoms with Crippen LogP contribution in [0.5, 0.6) is 0 Å². The van der Waals surface area contributed by atoms with Crippen LogP contribution in [0.15, 0.2) is 48.7 Å². The number of anilines is 1. The zero-order chi connectivity index (χ0) is 12.1. The minimum atomic E-state index is 0.681. The summed E-state index contributed by atoms with van der Waals surface area (Å²) in [6, 6.07) is 15.5. The maximum atomic E-state index is 8.73. The van der Waals surface area contributed by atoms with E-state index in [0.717, 1.165) is 17.9 Å². The first-order valence-electron chi connectivity index (χ1n) is 5.41. The van der Waals surface area contributed by atoms with Gasteiger partial charge >= 0.3 is 0 Å². The molecule has 0 saturated heterocycles. The lowest BCUT2D eigenvalue weighted by Crippen LogP contribution is -2.16. The second-order valence-electron chi connectivity index (χ2n) is 3.84. The second kappa shape index (κ2) is 5.13. The first-order chi connectivity index (χ1) is 8.29. The molecule has 0 atom stereocenters. The predicted octanol–water partition coefficient (Wildman–Crippen LogP) is 2.59. The smallest absolute Gasteiger partial charge is 0.0991 e. The summed E-state index contributed by atoms with van der Waals surface area (Å²) in [6.07, 6.45) is 1.79. The van der Waals surface area contributed by atoms with E-state index < -0.39 is 0 Å². The molecule has 2 aromatic rings. The number of rotatable bonds is 3. The Bertz CT molecular complexity index is 511. The number of hydrogen-bond donors (Lipinski definition) is 0. The fourth-order valence-electron chi connectivity index (χ4n) is 1.62. The first kappa shape index (κ1) is 11.2. The molecule has 84 valence electrons. The number of nitriles is 1. The van der Waals surface area contributed by atoms with E-state index in [2.05, 4.69) is 16.0 Å². The summed E-state index contributed by atoms with van der Waals surface area (Å²) < 4.78 is 0. The fourth-order valence-corrected chi connectivity index (χ4v) is 1.62. The maximum Gasteiger partial charge on any atom is 0.0991 e. The van der Waals surface area contributed by atoms with Crippen molar-refractivity contribution in [1.29, 1.82) is 5.26 Å². The summed E-state index contributed by atoms with van der Waals surface area (Å²) in [5.41, 5.74) is 2.79. The largest absolute Gasteiger partial charge is 0.369 e. The predicted molar refractivity (Wildman–Crippen MR) is 67.5 cm³/mol. The highest BCUT2D eigenvalue weighted by atomic mass is 15.1. The SMILES string of the molecule is CN(Cc1ccccn1)c1ccc(C#N)cc1. The monoisotopic (exact) mass is 223 g/mol. The van der Waals surface area contributed by atoms with Crippen LogP contribution >= 0.6 is 0 Å². The van der Waals surface area contributed by atoms with Crippen LogP contribution in [-0.2, 0) is 6.54 Å². The standard InChI is InChI=1S/C14H13N3/c1-17(11-13-4-2-3-9-16-13)14-7-5-12(10-15)6-8-14/h2-9H,11H2,1H3. The van der Waals surface area contributed by atoms with Gasteiger partial charge in [0.25, 0.3) is 0 Å². The fraction of sp³-hybridized carbons (Fsp3) is 0.143. The normalized spacial score (nSPS) is 9.65. The van der Waals surface area contributed by atoms with Gasteiger partial charge < -0.3 is 4.90 Å². The van der Waals surface area contributed by atoms with Crippen LogP contribution in [0.3, 0.4) is 0 Å². The molecule has 0 aliphatic heterocycles. The van der Waals surface area contributed by atoms with Crippen molar-refractivity contribution in [2.45, 2.75) is 6.54 Å². The van der Waals surface area contributed by atoms with Gasteiger partial charge in [-0.05, 0) is 36.4 Å². The van der Waals surface area contributed by atoms with Crippen molar-refractivity contribution in [1.82, 2.24) is 4.98 Å². The second-order valence-corrected chi connectivity index (χ2v) is 3.84. The minimum Gasteiger partial charge on any atom is -0.369 e. The number of benzene rings is 1. The lowest BCUT2D eigenvalue weighted by molar-refractivity contribution is 0.885. The Morgan fingerprint density at radius 3 is 2.53 bits per heavy atom. The van der Waals surface area contributed by atoms with Crippen molar-refractivity contribution < 1.29 is 0 Å². The molecule has 1 heterocycles. The van der Waals surface area contributed by atoms with E-state index in [9.17, 15) is 0 Å². The summed E-state index contributed by atoms with van der Waals surface area (Å²) in [6.45, 7) is 0.757. The van der Waals surface area contributed by atoms with E-state index in [0.29, 0.717) is 5.56 Å². The van der Waals surface area contributed by atoms with E-state index >= 15 is 0 Å². The van der Waals surface area contributed by atoms with Gasteiger partial charge in [0.05, 0.1) is 23.9 Å². The maximum absolute atomic E-state index is 8.73. The molecule has 1 aromatic carbocycles. The highest BCUT2D eigenvalue weighted by molar-refractivity contribution is 5.49. The van der Waals surface area contributed by atoms with Gasteiger partial charge in [0.15, 0.2) is 0 Å². The van der Waals surface area contributed by atoms with E-state index in [1.807, 2.05) is 49.5 Å². The van der Waals surface area contributed by atoms with Gasteiger partial charge in [-0.1, -0.05) is 6.07 Å². The van der Waals surface area contributed by atoms with Gasteiger partial charge in [-0.2, -0.15) is 5.26 Å². The lowest BCUT2D eigenvalue weighted by atomic mass is 10.2. The molecule has 3 heteroatoms. The van der Waals surface area contributed by atoms with E-state index in [1.165, 1.54) is 0 Å². The Kier molecular flexibility index (Phi) is 3.37. The quantitative estimate of drug-likeness (QED) is 0.803. The van der Waals surface area contributed by atoms with Crippen LogP contribution in [-0.4, -0.2) is 12.0 Å². The van der Waals surface area contributed by atoms with Gasteiger partial charge in [-0.25, -0.2) is 0 Å². The number of nitrogens with zero attached hydrogens (tertiary/aromatic N) is 3. The summed E-state index contributed by atoms with van der Waals surface area (Å²) in [4.78, 5) is 6.38. The van der Waals surface area contributed by atoms with Gasteiger partial charge in [-0.15, -0.1) is 0 Å². The topological polar surface area (TPSA) is 39.9 Å². The van der Waals surface area contributed by atoms with Crippen molar-refractivity contribution in [3.8, 4) is 6.07 Å². The first-order valence-corrected chi connectivity index (χ1v) is 5.41. The average molecular weight is 223 g/mol. The Morgan fingerprint density at radius 2 is 1.94 bits per heavy atom. The van der Waals surface area contributed by atoms with Gasteiger partial charge in [0, 0.05) is 18.9 Å². The molecule has 0 aliphatic rings. The molecule has 0 amide bonds. The van der Waals surface area contributed by atoms with Crippen LogP contribution < -0.4 is 4.90 Å². The summed E-state index contributed by atoms with van der Waals surface area (Å²) in [5, 5.41) is 8.73. The van der Waals surface area contributed by atoms with Crippen LogP contribution in [0.25, 0.3) is 0 Å². The molecule has 1 aromatic heterocycles. The number of aromatic nitrogens is 1. The Morgan fingerprint density at radius 1 is 1.18 bits per heavy atom. The zero-order valence-corrected chi connectivity index (χ0v) is 9.67. The highest BCUT2D eigenvalue weighted by Gasteiger charge is 2.02. The van der Waals surface area contributed by atoms with Crippen LogP contribution in [0.1, 0.15) is 11.3 Å². The van der Waals surface area contributed by atoms with Gasteiger partial charge in [0.2, 0.25) is 0 Å². The molecule has 0 spiro atoms. The Hall–Kier alpha value is -2.34. The van der Waals surface area contributed by atoms with Crippen molar-refractivity contribution >= 4 is 5.69 Å². The molecule has 0 saturated carbocycles. The van der Waals surface area contributed by atoms with Crippen molar-refractivity contribution in [3.05, 3.63) is 59.9 Å². The van der Waals surface area contributed by atoms with Crippen LogP contribution in [0, 0.1) is 11.3 Å². The van der Waals surface area contributed by atoms with Crippen LogP contribution in [0.4, 0.5) is 5.69 Å². The summed E-state index contributed by atoms with van der Waals surface area (Å²) >= 11 is 0. The molecule has 0 fully saturated rings.